The normalized spacial score (nSPS) is 14.2. The monoisotopic (exact) mass is 358 g/mol. The van der Waals surface area contributed by atoms with Gasteiger partial charge in [-0.25, -0.2) is 0 Å². The molecule has 2 unspecified atom stereocenters. The van der Waals surface area contributed by atoms with Crippen LogP contribution in [0.2, 0.25) is 0 Å². The molecule has 0 spiro atoms. The van der Waals surface area contributed by atoms with Crippen LogP contribution >= 0.6 is 11.3 Å². The van der Waals surface area contributed by atoms with Gasteiger partial charge in [0.25, 0.3) is 0 Å². The van der Waals surface area contributed by atoms with Crippen molar-refractivity contribution >= 4 is 17.2 Å². The van der Waals surface area contributed by atoms with Gasteiger partial charge in [-0.1, -0.05) is 51.1 Å². The summed E-state index contributed by atoms with van der Waals surface area (Å²) in [5.41, 5.74) is 7.64. The number of amides is 1. The van der Waals surface area contributed by atoms with Gasteiger partial charge in [-0.05, 0) is 54.8 Å². The van der Waals surface area contributed by atoms with Gasteiger partial charge in [-0.15, -0.1) is 11.3 Å². The predicted octanol–water partition coefficient (Wildman–Crippen LogP) is 4.78. The Kier molecular flexibility index (Phi) is 6.79. The molecular formula is C21H30N2OS. The van der Waals surface area contributed by atoms with E-state index >= 15 is 0 Å². The van der Waals surface area contributed by atoms with Crippen molar-refractivity contribution in [2.24, 2.45) is 11.1 Å². The molecule has 1 aromatic carbocycles. The number of benzene rings is 1. The van der Waals surface area contributed by atoms with Crippen molar-refractivity contribution in [2.75, 3.05) is 6.54 Å². The first kappa shape index (κ1) is 19.7. The number of rotatable bonds is 9. The molecule has 2 atom stereocenters. The highest BCUT2D eigenvalue weighted by Crippen LogP contribution is 2.42. The van der Waals surface area contributed by atoms with E-state index < -0.39 is 5.41 Å². The standard InChI is InChI=1S/C21H30N2OS/c1-5-12-23-18(19-15(2)11-13-25-19)14-17(21(3,4)20(22)24)16-9-7-6-8-10-16/h6-11,13,17-18,23H,5,12,14H2,1-4H3,(H2,22,24). The molecule has 0 saturated heterocycles. The lowest BCUT2D eigenvalue weighted by atomic mass is 9.71. The van der Waals surface area contributed by atoms with Crippen LogP contribution in [-0.4, -0.2) is 12.5 Å². The largest absolute Gasteiger partial charge is 0.369 e. The lowest BCUT2D eigenvalue weighted by Gasteiger charge is -2.35. The molecule has 1 amide bonds. The summed E-state index contributed by atoms with van der Waals surface area (Å²) in [6.45, 7) is 9.22. The van der Waals surface area contributed by atoms with E-state index in [0.717, 1.165) is 19.4 Å². The lowest BCUT2D eigenvalue weighted by molar-refractivity contribution is -0.127. The Balaban J connectivity index is 2.38. The summed E-state index contributed by atoms with van der Waals surface area (Å²) in [5, 5.41) is 5.82. The summed E-state index contributed by atoms with van der Waals surface area (Å²) >= 11 is 1.79. The Hall–Kier alpha value is -1.65. The topological polar surface area (TPSA) is 55.1 Å². The lowest BCUT2D eigenvalue weighted by Crippen LogP contribution is -2.39. The number of carbonyl (C=O) groups excluding carboxylic acids is 1. The highest BCUT2D eigenvalue weighted by molar-refractivity contribution is 7.10. The van der Waals surface area contributed by atoms with Gasteiger partial charge in [-0.3, -0.25) is 4.79 Å². The van der Waals surface area contributed by atoms with Gasteiger partial charge in [0.15, 0.2) is 0 Å². The molecule has 0 radical (unpaired) electrons. The molecular weight excluding hydrogens is 328 g/mol. The molecule has 0 saturated carbocycles. The van der Waals surface area contributed by atoms with Crippen LogP contribution in [0.15, 0.2) is 41.8 Å². The maximum Gasteiger partial charge on any atom is 0.223 e. The van der Waals surface area contributed by atoms with Crippen molar-refractivity contribution in [1.82, 2.24) is 5.32 Å². The number of hydrogen-bond acceptors (Lipinski definition) is 3. The van der Waals surface area contributed by atoms with Crippen molar-refractivity contribution in [3.63, 3.8) is 0 Å². The summed E-state index contributed by atoms with van der Waals surface area (Å²) in [4.78, 5) is 13.5. The van der Waals surface area contributed by atoms with Crippen LogP contribution in [-0.2, 0) is 4.79 Å². The third-order valence-electron chi connectivity index (χ3n) is 5.04. The minimum Gasteiger partial charge on any atom is -0.369 e. The van der Waals surface area contributed by atoms with Crippen molar-refractivity contribution in [1.29, 1.82) is 0 Å². The number of aryl methyl sites for hydroxylation is 1. The molecule has 0 aliphatic heterocycles. The maximum atomic E-state index is 12.2. The summed E-state index contributed by atoms with van der Waals surface area (Å²) in [6, 6.07) is 12.7. The molecule has 1 aromatic heterocycles. The molecule has 3 nitrogen and oxygen atoms in total. The third-order valence-corrected chi connectivity index (χ3v) is 6.17. The number of nitrogens with one attached hydrogen (secondary N) is 1. The zero-order valence-corrected chi connectivity index (χ0v) is 16.5. The molecule has 1 heterocycles. The van der Waals surface area contributed by atoms with Crippen LogP contribution in [0.25, 0.3) is 0 Å². The zero-order valence-electron chi connectivity index (χ0n) is 15.7. The first-order chi connectivity index (χ1) is 11.9. The fourth-order valence-electron chi connectivity index (χ4n) is 3.28. The molecule has 3 N–H and O–H groups in total. The zero-order chi connectivity index (χ0) is 18.4. The number of primary amides is 1. The van der Waals surface area contributed by atoms with E-state index in [1.54, 1.807) is 11.3 Å². The van der Waals surface area contributed by atoms with Crippen LogP contribution in [0.4, 0.5) is 0 Å². The van der Waals surface area contributed by atoms with Gasteiger partial charge in [0.2, 0.25) is 5.91 Å². The summed E-state index contributed by atoms with van der Waals surface area (Å²) in [6.07, 6.45) is 1.93. The predicted molar refractivity (Wildman–Crippen MR) is 107 cm³/mol. The minimum absolute atomic E-state index is 0.0575. The van der Waals surface area contributed by atoms with E-state index in [1.807, 2.05) is 32.0 Å². The molecule has 25 heavy (non-hydrogen) atoms. The molecule has 2 rings (SSSR count). The Morgan fingerprint density at radius 1 is 1.24 bits per heavy atom. The fraction of sp³-hybridized carbons (Fsp3) is 0.476. The quantitative estimate of drug-likeness (QED) is 0.677. The third kappa shape index (κ3) is 4.71. The number of nitrogens with two attached hydrogens (primary N) is 1. The molecule has 0 aliphatic rings. The van der Waals surface area contributed by atoms with Gasteiger partial charge in [0, 0.05) is 10.9 Å². The van der Waals surface area contributed by atoms with Gasteiger partial charge < -0.3 is 11.1 Å². The van der Waals surface area contributed by atoms with Crippen molar-refractivity contribution in [2.45, 2.75) is 52.5 Å². The fourth-order valence-corrected chi connectivity index (χ4v) is 4.30. The highest BCUT2D eigenvalue weighted by Gasteiger charge is 2.38. The Morgan fingerprint density at radius 3 is 2.44 bits per heavy atom. The van der Waals surface area contributed by atoms with Crippen molar-refractivity contribution in [3.8, 4) is 0 Å². The number of carbonyl (C=O) groups is 1. The summed E-state index contributed by atoms with van der Waals surface area (Å²) < 4.78 is 0. The smallest absolute Gasteiger partial charge is 0.223 e. The first-order valence-corrected chi connectivity index (χ1v) is 9.88. The Labute approximate surface area is 155 Å². The van der Waals surface area contributed by atoms with Gasteiger partial charge in [0.05, 0.1) is 5.41 Å². The number of hydrogen-bond donors (Lipinski definition) is 2. The van der Waals surface area contributed by atoms with Gasteiger partial charge in [0.1, 0.15) is 0 Å². The first-order valence-electron chi connectivity index (χ1n) is 9.00. The van der Waals surface area contributed by atoms with Crippen LogP contribution in [0.1, 0.15) is 61.6 Å². The van der Waals surface area contributed by atoms with Crippen molar-refractivity contribution in [3.05, 3.63) is 57.8 Å². The van der Waals surface area contributed by atoms with E-state index in [2.05, 4.69) is 42.7 Å². The molecule has 136 valence electrons. The highest BCUT2D eigenvalue weighted by atomic mass is 32.1. The minimum atomic E-state index is -0.612. The second-order valence-electron chi connectivity index (χ2n) is 7.26. The Morgan fingerprint density at radius 2 is 1.92 bits per heavy atom. The summed E-state index contributed by atoms with van der Waals surface area (Å²) in [7, 11) is 0. The molecule has 0 bridgehead atoms. The van der Waals surface area contributed by atoms with E-state index in [-0.39, 0.29) is 17.9 Å². The molecule has 2 aromatic rings. The summed E-state index contributed by atoms with van der Waals surface area (Å²) in [5.74, 6) is -0.194. The van der Waals surface area contributed by atoms with E-state index in [1.165, 1.54) is 16.0 Å². The molecule has 0 aliphatic carbocycles. The number of thiophene rings is 1. The van der Waals surface area contributed by atoms with Crippen LogP contribution in [0.3, 0.4) is 0 Å². The van der Waals surface area contributed by atoms with E-state index in [0.29, 0.717) is 0 Å². The average molecular weight is 359 g/mol. The van der Waals surface area contributed by atoms with Gasteiger partial charge in [-0.2, -0.15) is 0 Å². The van der Waals surface area contributed by atoms with E-state index in [4.69, 9.17) is 5.73 Å². The maximum absolute atomic E-state index is 12.2. The van der Waals surface area contributed by atoms with Crippen LogP contribution in [0.5, 0.6) is 0 Å². The van der Waals surface area contributed by atoms with E-state index in [9.17, 15) is 4.79 Å². The van der Waals surface area contributed by atoms with Crippen LogP contribution < -0.4 is 11.1 Å². The van der Waals surface area contributed by atoms with Gasteiger partial charge >= 0.3 is 0 Å². The molecule has 0 fully saturated rings. The van der Waals surface area contributed by atoms with Crippen molar-refractivity contribution < 1.29 is 4.79 Å². The average Bonchev–Trinajstić information content (AvgIpc) is 3.01. The second kappa shape index (κ2) is 8.63. The molecule has 4 heteroatoms. The SMILES string of the molecule is CCCNC(CC(c1ccccc1)C(C)(C)C(N)=O)c1sccc1C. The second-order valence-corrected chi connectivity index (χ2v) is 8.21. The van der Waals surface area contributed by atoms with Crippen LogP contribution in [0, 0.1) is 12.3 Å². The Bertz CT molecular complexity index is 678.